The predicted octanol–water partition coefficient (Wildman–Crippen LogP) is 4.19. The normalized spacial score (nSPS) is 14.4. The lowest BCUT2D eigenvalue weighted by atomic mass is 10.2. The van der Waals surface area contributed by atoms with Gasteiger partial charge in [0.2, 0.25) is 0 Å². The van der Waals surface area contributed by atoms with Crippen LogP contribution < -0.4 is 10.2 Å². The van der Waals surface area contributed by atoms with E-state index >= 15 is 0 Å². The van der Waals surface area contributed by atoms with Gasteiger partial charge in [0.25, 0.3) is 5.91 Å². The second-order valence-electron chi connectivity index (χ2n) is 7.92. The fourth-order valence-electron chi connectivity index (χ4n) is 4.12. The second kappa shape index (κ2) is 9.11. The van der Waals surface area contributed by atoms with E-state index < -0.39 is 0 Å². The van der Waals surface area contributed by atoms with Gasteiger partial charge in [0.1, 0.15) is 11.6 Å². The Hall–Kier alpha value is -3.15. The number of pyridine rings is 2. The Bertz CT molecular complexity index is 986. The minimum absolute atomic E-state index is 0.0816. The maximum Gasteiger partial charge on any atom is 0.253 e. The SMILES string of the molecule is Cc1cc(C(=O)NCc2ccc(N3CCCCCC3)nc2)c(C)n1-c1ccccn1. The van der Waals surface area contributed by atoms with E-state index in [1.165, 1.54) is 25.7 Å². The van der Waals surface area contributed by atoms with Gasteiger partial charge in [-0.2, -0.15) is 0 Å². The van der Waals surface area contributed by atoms with Crippen LogP contribution in [0.3, 0.4) is 0 Å². The molecule has 4 rings (SSSR count). The maximum atomic E-state index is 12.8. The first-order valence-corrected chi connectivity index (χ1v) is 10.7. The van der Waals surface area contributed by atoms with Crippen molar-refractivity contribution in [2.24, 2.45) is 0 Å². The number of nitrogens with one attached hydrogen (secondary N) is 1. The molecule has 0 aromatic carbocycles. The Labute approximate surface area is 178 Å². The number of carbonyl (C=O) groups excluding carboxylic acids is 1. The standard InChI is InChI=1S/C24H29N5O/c1-18-15-21(19(2)29(18)23-9-5-6-12-25-23)24(30)27-17-20-10-11-22(26-16-20)28-13-7-3-4-8-14-28/h5-6,9-12,15-16H,3-4,7-8,13-14,17H2,1-2H3,(H,27,30). The zero-order valence-corrected chi connectivity index (χ0v) is 17.8. The molecule has 0 radical (unpaired) electrons. The zero-order chi connectivity index (χ0) is 20.9. The van der Waals surface area contributed by atoms with Crippen LogP contribution in [0.1, 0.15) is 53.0 Å². The van der Waals surface area contributed by atoms with Crippen LogP contribution >= 0.6 is 0 Å². The van der Waals surface area contributed by atoms with Crippen molar-refractivity contribution < 1.29 is 4.79 Å². The quantitative estimate of drug-likeness (QED) is 0.694. The molecule has 1 fully saturated rings. The number of nitrogens with zero attached hydrogens (tertiary/aromatic N) is 4. The molecule has 0 saturated carbocycles. The highest BCUT2D eigenvalue weighted by Gasteiger charge is 2.17. The van der Waals surface area contributed by atoms with Crippen molar-refractivity contribution in [3.8, 4) is 5.82 Å². The minimum atomic E-state index is -0.0816. The van der Waals surface area contributed by atoms with Crippen LogP contribution in [0.5, 0.6) is 0 Å². The molecule has 4 heterocycles. The van der Waals surface area contributed by atoms with E-state index in [9.17, 15) is 4.79 Å². The van der Waals surface area contributed by atoms with Crippen molar-refractivity contribution in [2.75, 3.05) is 18.0 Å². The van der Waals surface area contributed by atoms with Crippen molar-refractivity contribution in [1.82, 2.24) is 19.9 Å². The summed E-state index contributed by atoms with van der Waals surface area (Å²) in [7, 11) is 0. The molecule has 1 aliphatic rings. The summed E-state index contributed by atoms with van der Waals surface area (Å²) in [6.07, 6.45) is 8.71. The first kappa shape index (κ1) is 20.1. The van der Waals surface area contributed by atoms with E-state index in [0.717, 1.165) is 41.7 Å². The minimum Gasteiger partial charge on any atom is -0.357 e. The molecule has 0 bridgehead atoms. The van der Waals surface area contributed by atoms with E-state index in [1.807, 2.05) is 48.9 Å². The molecule has 156 valence electrons. The second-order valence-corrected chi connectivity index (χ2v) is 7.92. The molecule has 0 spiro atoms. The molecule has 1 amide bonds. The van der Waals surface area contributed by atoms with E-state index in [-0.39, 0.29) is 5.91 Å². The fourth-order valence-corrected chi connectivity index (χ4v) is 4.12. The molecule has 6 heteroatoms. The number of hydrogen-bond acceptors (Lipinski definition) is 4. The van der Waals surface area contributed by atoms with Gasteiger partial charge in [-0.3, -0.25) is 4.79 Å². The molecule has 1 N–H and O–H groups in total. The number of anilines is 1. The third-order valence-electron chi connectivity index (χ3n) is 5.75. The first-order valence-electron chi connectivity index (χ1n) is 10.7. The summed E-state index contributed by atoms with van der Waals surface area (Å²) in [4.78, 5) is 24.2. The molecular formula is C24H29N5O. The summed E-state index contributed by atoms with van der Waals surface area (Å²) in [5, 5.41) is 3.03. The zero-order valence-electron chi connectivity index (χ0n) is 17.8. The summed E-state index contributed by atoms with van der Waals surface area (Å²) < 4.78 is 2.01. The molecule has 3 aromatic heterocycles. The topological polar surface area (TPSA) is 63.1 Å². The average molecular weight is 404 g/mol. The Morgan fingerprint density at radius 1 is 1.00 bits per heavy atom. The number of hydrogen-bond donors (Lipinski definition) is 1. The van der Waals surface area contributed by atoms with Crippen molar-refractivity contribution >= 4 is 11.7 Å². The predicted molar refractivity (Wildman–Crippen MR) is 119 cm³/mol. The van der Waals surface area contributed by atoms with E-state index in [1.54, 1.807) is 6.20 Å². The lowest BCUT2D eigenvalue weighted by Gasteiger charge is -2.21. The van der Waals surface area contributed by atoms with Crippen LogP contribution in [0.2, 0.25) is 0 Å². The van der Waals surface area contributed by atoms with Gasteiger partial charge in [-0.25, -0.2) is 9.97 Å². The van der Waals surface area contributed by atoms with Crippen LogP contribution in [-0.4, -0.2) is 33.5 Å². The van der Waals surface area contributed by atoms with Crippen LogP contribution in [-0.2, 0) is 6.54 Å². The van der Waals surface area contributed by atoms with Crippen LogP contribution in [0.15, 0.2) is 48.8 Å². The molecule has 0 unspecified atom stereocenters. The third kappa shape index (κ3) is 4.37. The first-order chi connectivity index (χ1) is 14.6. The number of amides is 1. The number of aryl methyl sites for hydroxylation is 1. The van der Waals surface area contributed by atoms with Crippen molar-refractivity contribution in [3.63, 3.8) is 0 Å². The average Bonchev–Trinajstić information content (AvgIpc) is 2.94. The molecule has 1 aliphatic heterocycles. The highest BCUT2D eigenvalue weighted by Crippen LogP contribution is 2.20. The van der Waals surface area contributed by atoms with Gasteiger partial charge in [-0.15, -0.1) is 0 Å². The lowest BCUT2D eigenvalue weighted by Crippen LogP contribution is -2.25. The van der Waals surface area contributed by atoms with Crippen molar-refractivity contribution in [3.05, 3.63) is 71.3 Å². The van der Waals surface area contributed by atoms with Gasteiger partial charge >= 0.3 is 0 Å². The summed E-state index contributed by atoms with van der Waals surface area (Å²) in [6.45, 7) is 6.56. The van der Waals surface area contributed by atoms with E-state index in [4.69, 9.17) is 0 Å². The van der Waals surface area contributed by atoms with E-state index in [2.05, 4.69) is 32.3 Å². The third-order valence-corrected chi connectivity index (χ3v) is 5.75. The summed E-state index contributed by atoms with van der Waals surface area (Å²) >= 11 is 0. The fraction of sp³-hybridized carbons (Fsp3) is 0.375. The molecular weight excluding hydrogens is 374 g/mol. The van der Waals surface area contributed by atoms with E-state index in [0.29, 0.717) is 12.1 Å². The van der Waals surface area contributed by atoms with Gasteiger partial charge in [-0.1, -0.05) is 25.0 Å². The summed E-state index contributed by atoms with van der Waals surface area (Å²) in [5.74, 6) is 1.77. The highest BCUT2D eigenvalue weighted by atomic mass is 16.1. The van der Waals surface area contributed by atoms with Crippen molar-refractivity contribution in [1.29, 1.82) is 0 Å². The Morgan fingerprint density at radius 3 is 2.47 bits per heavy atom. The monoisotopic (exact) mass is 403 g/mol. The maximum absolute atomic E-state index is 12.8. The molecule has 6 nitrogen and oxygen atoms in total. The molecule has 3 aromatic rings. The summed E-state index contributed by atoms with van der Waals surface area (Å²) in [5.41, 5.74) is 3.55. The number of carbonyl (C=O) groups is 1. The number of aromatic nitrogens is 3. The van der Waals surface area contributed by atoms with Gasteiger partial charge in [0.15, 0.2) is 0 Å². The van der Waals surface area contributed by atoms with Gasteiger partial charge in [0, 0.05) is 43.4 Å². The Kier molecular flexibility index (Phi) is 6.12. The van der Waals surface area contributed by atoms with Crippen molar-refractivity contribution in [2.45, 2.75) is 46.1 Å². The van der Waals surface area contributed by atoms with Gasteiger partial charge in [0.05, 0.1) is 5.56 Å². The Balaban J connectivity index is 1.41. The molecule has 0 atom stereocenters. The highest BCUT2D eigenvalue weighted by molar-refractivity contribution is 5.95. The summed E-state index contributed by atoms with van der Waals surface area (Å²) in [6, 6.07) is 11.8. The Morgan fingerprint density at radius 2 is 1.80 bits per heavy atom. The van der Waals surface area contributed by atoms with Crippen LogP contribution in [0, 0.1) is 13.8 Å². The molecule has 0 aliphatic carbocycles. The van der Waals surface area contributed by atoms with Gasteiger partial charge < -0.3 is 14.8 Å². The molecule has 30 heavy (non-hydrogen) atoms. The van der Waals surface area contributed by atoms with Crippen LogP contribution in [0.4, 0.5) is 5.82 Å². The van der Waals surface area contributed by atoms with Gasteiger partial charge in [-0.05, 0) is 56.5 Å². The smallest absolute Gasteiger partial charge is 0.253 e. The number of rotatable bonds is 5. The largest absolute Gasteiger partial charge is 0.357 e. The molecule has 1 saturated heterocycles. The van der Waals surface area contributed by atoms with Crippen LogP contribution in [0.25, 0.3) is 5.82 Å². The lowest BCUT2D eigenvalue weighted by molar-refractivity contribution is 0.0950.